The van der Waals surface area contributed by atoms with Crippen molar-refractivity contribution in [3.63, 3.8) is 0 Å². The number of ketones is 1. The van der Waals surface area contributed by atoms with Crippen LogP contribution in [-0.4, -0.2) is 12.9 Å². The number of para-hydroxylation sites is 1. The Balaban J connectivity index is 2.31. The van der Waals surface area contributed by atoms with E-state index in [-0.39, 0.29) is 11.7 Å². The highest BCUT2D eigenvalue weighted by atomic mass is 16.5. The smallest absolute Gasteiger partial charge is 0.169 e. The standard InChI is InChI=1S/C11H12O2/c1-13-10-5-3-2-4-9(10)11(12)8-6-7-8/h2-5,8H,6-7H2,1H3. The lowest BCUT2D eigenvalue weighted by Crippen LogP contribution is -2.03. The van der Waals surface area contributed by atoms with Gasteiger partial charge in [-0.25, -0.2) is 0 Å². The molecule has 68 valence electrons. The van der Waals surface area contributed by atoms with Crippen LogP contribution in [0.4, 0.5) is 0 Å². The Kier molecular flexibility index (Phi) is 2.05. The summed E-state index contributed by atoms with van der Waals surface area (Å²) in [7, 11) is 1.60. The number of carbonyl (C=O) groups is 1. The van der Waals surface area contributed by atoms with Crippen LogP contribution in [0.1, 0.15) is 23.2 Å². The summed E-state index contributed by atoms with van der Waals surface area (Å²) in [5.74, 6) is 1.19. The maximum atomic E-state index is 11.7. The lowest BCUT2D eigenvalue weighted by Gasteiger charge is -2.05. The third kappa shape index (κ3) is 1.57. The van der Waals surface area contributed by atoms with E-state index >= 15 is 0 Å². The summed E-state index contributed by atoms with van der Waals surface area (Å²) in [5, 5.41) is 0. The van der Waals surface area contributed by atoms with Crippen molar-refractivity contribution in [1.82, 2.24) is 0 Å². The second kappa shape index (κ2) is 3.21. The number of Topliss-reactive ketones (excluding diaryl/α,β-unsaturated/α-hetero) is 1. The highest BCUT2D eigenvalue weighted by molar-refractivity contribution is 6.01. The Morgan fingerprint density at radius 1 is 1.38 bits per heavy atom. The molecule has 0 heterocycles. The van der Waals surface area contributed by atoms with Crippen molar-refractivity contribution >= 4 is 5.78 Å². The van der Waals surface area contributed by atoms with Crippen molar-refractivity contribution in [3.05, 3.63) is 29.8 Å². The van der Waals surface area contributed by atoms with E-state index in [9.17, 15) is 4.79 Å². The fraction of sp³-hybridized carbons (Fsp3) is 0.364. The molecule has 0 atom stereocenters. The largest absolute Gasteiger partial charge is 0.496 e. The molecule has 0 radical (unpaired) electrons. The molecule has 2 heteroatoms. The minimum Gasteiger partial charge on any atom is -0.496 e. The summed E-state index contributed by atoms with van der Waals surface area (Å²) >= 11 is 0. The van der Waals surface area contributed by atoms with Crippen molar-refractivity contribution in [3.8, 4) is 5.75 Å². The molecule has 0 unspecified atom stereocenters. The van der Waals surface area contributed by atoms with Gasteiger partial charge in [-0.2, -0.15) is 0 Å². The summed E-state index contributed by atoms with van der Waals surface area (Å²) in [6.45, 7) is 0. The molecule has 1 saturated carbocycles. The average Bonchev–Trinajstić information content (AvgIpc) is 3.00. The minimum absolute atomic E-state index is 0.234. The van der Waals surface area contributed by atoms with Crippen LogP contribution >= 0.6 is 0 Å². The third-order valence-corrected chi connectivity index (χ3v) is 2.32. The van der Waals surface area contributed by atoms with Crippen LogP contribution in [0.25, 0.3) is 0 Å². The van der Waals surface area contributed by atoms with Gasteiger partial charge >= 0.3 is 0 Å². The van der Waals surface area contributed by atoms with Crippen LogP contribution in [0.15, 0.2) is 24.3 Å². The van der Waals surface area contributed by atoms with Crippen molar-refractivity contribution < 1.29 is 9.53 Å². The van der Waals surface area contributed by atoms with Gasteiger partial charge < -0.3 is 4.74 Å². The van der Waals surface area contributed by atoms with E-state index < -0.39 is 0 Å². The molecule has 0 aromatic heterocycles. The molecule has 13 heavy (non-hydrogen) atoms. The van der Waals surface area contributed by atoms with E-state index in [1.54, 1.807) is 7.11 Å². The molecular weight excluding hydrogens is 164 g/mol. The number of ether oxygens (including phenoxy) is 1. The first-order chi connectivity index (χ1) is 6.33. The molecule has 1 aliphatic carbocycles. The molecular formula is C11H12O2. The number of rotatable bonds is 3. The predicted molar refractivity (Wildman–Crippen MR) is 50.0 cm³/mol. The van der Waals surface area contributed by atoms with Crippen molar-refractivity contribution in [2.24, 2.45) is 5.92 Å². The molecule has 1 fully saturated rings. The maximum Gasteiger partial charge on any atom is 0.169 e. The average molecular weight is 176 g/mol. The summed E-state index contributed by atoms with van der Waals surface area (Å²) in [6.07, 6.45) is 2.08. The van der Waals surface area contributed by atoms with Gasteiger partial charge in [-0.1, -0.05) is 12.1 Å². The summed E-state index contributed by atoms with van der Waals surface area (Å²) in [5.41, 5.74) is 0.729. The van der Waals surface area contributed by atoms with Crippen LogP contribution in [0, 0.1) is 5.92 Å². The van der Waals surface area contributed by atoms with Gasteiger partial charge in [-0.05, 0) is 25.0 Å². The molecule has 1 aromatic rings. The van der Waals surface area contributed by atoms with Gasteiger partial charge in [0.2, 0.25) is 0 Å². The monoisotopic (exact) mass is 176 g/mol. The zero-order chi connectivity index (χ0) is 9.26. The molecule has 0 saturated heterocycles. The van der Waals surface area contributed by atoms with Gasteiger partial charge in [0.1, 0.15) is 5.75 Å². The van der Waals surface area contributed by atoms with Gasteiger partial charge in [0.05, 0.1) is 12.7 Å². The third-order valence-electron chi connectivity index (χ3n) is 2.32. The van der Waals surface area contributed by atoms with Crippen molar-refractivity contribution in [2.45, 2.75) is 12.8 Å². The van der Waals surface area contributed by atoms with Gasteiger partial charge in [-0.15, -0.1) is 0 Å². The Bertz CT molecular complexity index is 327. The van der Waals surface area contributed by atoms with Crippen molar-refractivity contribution in [1.29, 1.82) is 0 Å². The first-order valence-corrected chi connectivity index (χ1v) is 4.50. The number of methoxy groups -OCH3 is 1. The number of carbonyl (C=O) groups excluding carboxylic acids is 1. The highest BCUT2D eigenvalue weighted by Crippen LogP contribution is 2.34. The Morgan fingerprint density at radius 2 is 2.08 bits per heavy atom. The van der Waals surface area contributed by atoms with E-state index in [4.69, 9.17) is 4.74 Å². The fourth-order valence-electron chi connectivity index (χ4n) is 1.41. The Morgan fingerprint density at radius 3 is 2.69 bits per heavy atom. The SMILES string of the molecule is COc1ccccc1C(=O)C1CC1. The van der Waals surface area contributed by atoms with E-state index in [1.165, 1.54) is 0 Å². The fourth-order valence-corrected chi connectivity index (χ4v) is 1.41. The van der Waals surface area contributed by atoms with E-state index in [2.05, 4.69) is 0 Å². The second-order valence-corrected chi connectivity index (χ2v) is 3.34. The number of hydrogen-bond acceptors (Lipinski definition) is 2. The maximum absolute atomic E-state index is 11.7. The molecule has 0 aliphatic heterocycles. The van der Waals surface area contributed by atoms with Crippen LogP contribution in [0.3, 0.4) is 0 Å². The number of benzene rings is 1. The summed E-state index contributed by atoms with van der Waals surface area (Å²) in [4.78, 5) is 11.7. The predicted octanol–water partition coefficient (Wildman–Crippen LogP) is 2.29. The Hall–Kier alpha value is -1.31. The van der Waals surface area contributed by atoms with Crippen LogP contribution < -0.4 is 4.74 Å². The van der Waals surface area contributed by atoms with Gasteiger partial charge in [0.25, 0.3) is 0 Å². The van der Waals surface area contributed by atoms with Crippen LogP contribution in [0.5, 0.6) is 5.75 Å². The van der Waals surface area contributed by atoms with Crippen LogP contribution in [-0.2, 0) is 0 Å². The second-order valence-electron chi connectivity index (χ2n) is 3.34. The van der Waals surface area contributed by atoms with E-state index in [0.29, 0.717) is 5.75 Å². The van der Waals surface area contributed by atoms with Gasteiger partial charge in [0, 0.05) is 5.92 Å². The molecule has 1 aromatic carbocycles. The zero-order valence-electron chi connectivity index (χ0n) is 7.62. The lowest BCUT2D eigenvalue weighted by atomic mass is 10.1. The molecule has 0 spiro atoms. The van der Waals surface area contributed by atoms with Crippen LogP contribution in [0.2, 0.25) is 0 Å². The minimum atomic E-state index is 0.234. The lowest BCUT2D eigenvalue weighted by molar-refractivity contribution is 0.0964. The van der Waals surface area contributed by atoms with E-state index in [0.717, 1.165) is 18.4 Å². The quantitative estimate of drug-likeness (QED) is 0.660. The number of hydrogen-bond donors (Lipinski definition) is 0. The summed E-state index contributed by atoms with van der Waals surface area (Å²) < 4.78 is 5.12. The van der Waals surface area contributed by atoms with Gasteiger partial charge in [-0.3, -0.25) is 4.79 Å². The highest BCUT2D eigenvalue weighted by Gasteiger charge is 2.31. The normalized spacial score (nSPS) is 15.5. The van der Waals surface area contributed by atoms with Gasteiger partial charge in [0.15, 0.2) is 5.78 Å². The first-order valence-electron chi connectivity index (χ1n) is 4.50. The molecule has 2 nitrogen and oxygen atoms in total. The van der Waals surface area contributed by atoms with E-state index in [1.807, 2.05) is 24.3 Å². The topological polar surface area (TPSA) is 26.3 Å². The molecule has 0 N–H and O–H groups in total. The molecule has 0 bridgehead atoms. The Labute approximate surface area is 77.5 Å². The first kappa shape index (κ1) is 8.30. The molecule has 1 aliphatic rings. The van der Waals surface area contributed by atoms with Crippen molar-refractivity contribution in [2.75, 3.05) is 7.11 Å². The summed E-state index contributed by atoms with van der Waals surface area (Å²) in [6, 6.07) is 7.41. The molecule has 2 rings (SSSR count). The zero-order valence-corrected chi connectivity index (χ0v) is 7.62. The molecule has 0 amide bonds.